The summed E-state index contributed by atoms with van der Waals surface area (Å²) in [6, 6.07) is 9.25. The summed E-state index contributed by atoms with van der Waals surface area (Å²) in [5, 5.41) is 1.38. The predicted octanol–water partition coefficient (Wildman–Crippen LogP) is 3.97. The summed E-state index contributed by atoms with van der Waals surface area (Å²) in [4.78, 5) is 18.8. The third kappa shape index (κ3) is 4.89. The van der Waals surface area contributed by atoms with Gasteiger partial charge >= 0.3 is 0 Å². The number of halogens is 1. The van der Waals surface area contributed by atoms with E-state index in [4.69, 9.17) is 11.6 Å². The van der Waals surface area contributed by atoms with Crippen LogP contribution in [0.25, 0.3) is 0 Å². The number of nitrogens with one attached hydrogen (secondary N) is 1. The number of H-pyrrole nitrogens is 1. The number of thioether (sulfide) groups is 2. The van der Waals surface area contributed by atoms with E-state index in [1.807, 2.05) is 24.3 Å². The Morgan fingerprint density at radius 1 is 1.30 bits per heavy atom. The average Bonchev–Trinajstić information content (AvgIpc) is 2.42. The first-order chi connectivity index (χ1) is 9.67. The van der Waals surface area contributed by atoms with Crippen molar-refractivity contribution in [1.29, 1.82) is 0 Å². The van der Waals surface area contributed by atoms with Crippen molar-refractivity contribution in [3.8, 4) is 0 Å². The number of hydrogen-bond donors (Lipinski definition) is 1. The van der Waals surface area contributed by atoms with Gasteiger partial charge in [-0.25, -0.2) is 4.98 Å². The summed E-state index contributed by atoms with van der Waals surface area (Å²) in [6.45, 7) is 2.09. The van der Waals surface area contributed by atoms with Gasteiger partial charge in [0.1, 0.15) is 0 Å². The summed E-state index contributed by atoms with van der Waals surface area (Å²) >= 11 is 9.21. The minimum atomic E-state index is -0.0969. The molecule has 0 aliphatic rings. The molecule has 1 aromatic carbocycles. The van der Waals surface area contributed by atoms with Crippen LogP contribution in [0.5, 0.6) is 0 Å². The van der Waals surface area contributed by atoms with E-state index < -0.39 is 0 Å². The molecule has 0 aliphatic carbocycles. The first-order valence-corrected chi connectivity index (χ1v) is 8.74. The zero-order chi connectivity index (χ0) is 14.4. The molecule has 2 rings (SSSR count). The molecule has 0 amide bonds. The van der Waals surface area contributed by atoms with Crippen LogP contribution in [0.3, 0.4) is 0 Å². The molecule has 1 aromatic heterocycles. The van der Waals surface area contributed by atoms with Crippen LogP contribution in [0.1, 0.15) is 18.2 Å². The molecule has 2 aromatic rings. The van der Waals surface area contributed by atoms with Crippen molar-refractivity contribution in [2.24, 2.45) is 0 Å². The normalized spacial score (nSPS) is 10.7. The van der Waals surface area contributed by atoms with Crippen LogP contribution in [-0.4, -0.2) is 15.7 Å². The molecule has 0 radical (unpaired) electrons. The largest absolute Gasteiger partial charge is 0.301 e. The number of nitrogens with zero attached hydrogens (tertiary/aromatic N) is 1. The molecule has 1 N–H and O–H groups in total. The minimum Gasteiger partial charge on any atom is -0.301 e. The molecule has 0 unspecified atom stereocenters. The van der Waals surface area contributed by atoms with Crippen molar-refractivity contribution in [3.63, 3.8) is 0 Å². The average molecular weight is 327 g/mol. The maximum absolute atomic E-state index is 11.6. The van der Waals surface area contributed by atoms with Gasteiger partial charge in [-0.05, 0) is 23.4 Å². The highest BCUT2D eigenvalue weighted by Crippen LogP contribution is 2.21. The molecule has 20 heavy (non-hydrogen) atoms. The summed E-state index contributed by atoms with van der Waals surface area (Å²) in [6.07, 6.45) is 0. The van der Waals surface area contributed by atoms with E-state index in [9.17, 15) is 4.79 Å². The van der Waals surface area contributed by atoms with Crippen molar-refractivity contribution < 1.29 is 0 Å². The van der Waals surface area contributed by atoms with Gasteiger partial charge in [-0.2, -0.15) is 11.8 Å². The third-order valence-electron chi connectivity index (χ3n) is 2.49. The SMILES string of the molecule is CCSCc1cc(=O)[nH]c(SCc2cccc(Cl)c2)n1. The number of aromatic nitrogens is 2. The van der Waals surface area contributed by atoms with Crippen LogP contribution in [0.15, 0.2) is 40.3 Å². The van der Waals surface area contributed by atoms with Crippen LogP contribution in [-0.2, 0) is 11.5 Å². The van der Waals surface area contributed by atoms with Crippen molar-refractivity contribution >= 4 is 35.1 Å². The molecule has 0 fully saturated rings. The molecule has 3 nitrogen and oxygen atoms in total. The van der Waals surface area contributed by atoms with Crippen molar-refractivity contribution in [2.45, 2.75) is 23.6 Å². The lowest BCUT2D eigenvalue weighted by Gasteiger charge is -2.04. The van der Waals surface area contributed by atoms with Gasteiger partial charge in [-0.1, -0.05) is 42.4 Å². The minimum absolute atomic E-state index is 0.0969. The highest BCUT2D eigenvalue weighted by molar-refractivity contribution is 7.98. The summed E-state index contributed by atoms with van der Waals surface area (Å²) in [5.74, 6) is 2.51. The van der Waals surface area contributed by atoms with Gasteiger partial charge in [-0.15, -0.1) is 0 Å². The summed E-state index contributed by atoms with van der Waals surface area (Å²) < 4.78 is 0. The van der Waals surface area contributed by atoms with E-state index in [-0.39, 0.29) is 5.56 Å². The van der Waals surface area contributed by atoms with Crippen molar-refractivity contribution in [2.75, 3.05) is 5.75 Å². The van der Waals surface area contributed by atoms with E-state index in [1.54, 1.807) is 17.8 Å². The van der Waals surface area contributed by atoms with Crippen LogP contribution in [0, 0.1) is 0 Å². The Balaban J connectivity index is 2.05. The highest BCUT2D eigenvalue weighted by Gasteiger charge is 2.03. The van der Waals surface area contributed by atoms with E-state index in [2.05, 4.69) is 16.9 Å². The Bertz CT molecular complexity index is 631. The lowest BCUT2D eigenvalue weighted by molar-refractivity contribution is 0.899. The molecule has 0 atom stereocenters. The van der Waals surface area contributed by atoms with Crippen LogP contribution in [0.4, 0.5) is 0 Å². The molecule has 1 heterocycles. The zero-order valence-electron chi connectivity index (χ0n) is 11.1. The van der Waals surface area contributed by atoms with Crippen molar-refractivity contribution in [1.82, 2.24) is 9.97 Å². The predicted molar refractivity (Wildman–Crippen MR) is 87.7 cm³/mol. The fraction of sp³-hybridized carbons (Fsp3) is 0.286. The van der Waals surface area contributed by atoms with Crippen LogP contribution < -0.4 is 5.56 Å². The Kier molecular flexibility index (Phi) is 6.01. The van der Waals surface area contributed by atoms with Gasteiger partial charge in [0, 0.05) is 22.6 Å². The second-order valence-corrected chi connectivity index (χ2v) is 6.77. The van der Waals surface area contributed by atoms with Gasteiger partial charge in [0.05, 0.1) is 5.69 Å². The second-order valence-electron chi connectivity index (χ2n) is 4.10. The van der Waals surface area contributed by atoms with E-state index in [1.165, 1.54) is 11.8 Å². The lowest BCUT2D eigenvalue weighted by Crippen LogP contribution is -2.09. The number of hydrogen-bond acceptors (Lipinski definition) is 4. The maximum atomic E-state index is 11.6. The first-order valence-electron chi connectivity index (χ1n) is 6.22. The van der Waals surface area contributed by atoms with Gasteiger partial charge in [0.15, 0.2) is 5.16 Å². The van der Waals surface area contributed by atoms with Crippen LogP contribution >= 0.6 is 35.1 Å². The van der Waals surface area contributed by atoms with Gasteiger partial charge in [-0.3, -0.25) is 4.79 Å². The van der Waals surface area contributed by atoms with Gasteiger partial charge in [0.2, 0.25) is 0 Å². The Labute approximate surface area is 131 Å². The quantitative estimate of drug-likeness (QED) is 0.644. The molecule has 0 saturated heterocycles. The Morgan fingerprint density at radius 3 is 2.90 bits per heavy atom. The molecular formula is C14H15ClN2OS2. The molecule has 0 saturated carbocycles. The molecule has 0 bridgehead atoms. The second kappa shape index (κ2) is 7.76. The number of rotatable bonds is 6. The van der Waals surface area contributed by atoms with E-state index in [0.29, 0.717) is 5.16 Å². The molecule has 106 valence electrons. The summed E-state index contributed by atoms with van der Waals surface area (Å²) in [7, 11) is 0. The topological polar surface area (TPSA) is 45.8 Å². The molecule has 0 aliphatic heterocycles. The van der Waals surface area contributed by atoms with Gasteiger partial charge in [0.25, 0.3) is 5.56 Å². The smallest absolute Gasteiger partial charge is 0.251 e. The van der Waals surface area contributed by atoms with Gasteiger partial charge < -0.3 is 4.98 Å². The lowest BCUT2D eigenvalue weighted by atomic mass is 10.2. The summed E-state index contributed by atoms with van der Waals surface area (Å²) in [5.41, 5.74) is 1.84. The monoisotopic (exact) mass is 326 g/mol. The van der Waals surface area contributed by atoms with Crippen molar-refractivity contribution in [3.05, 3.63) is 57.0 Å². The maximum Gasteiger partial charge on any atom is 0.251 e. The highest BCUT2D eigenvalue weighted by atomic mass is 35.5. The third-order valence-corrected chi connectivity index (χ3v) is 4.58. The number of aromatic amines is 1. The van der Waals surface area contributed by atoms with E-state index in [0.717, 1.165) is 33.5 Å². The molecular weight excluding hydrogens is 312 g/mol. The Morgan fingerprint density at radius 2 is 2.15 bits per heavy atom. The van der Waals surface area contributed by atoms with Crippen LogP contribution in [0.2, 0.25) is 5.02 Å². The molecule has 6 heteroatoms. The fourth-order valence-electron chi connectivity index (χ4n) is 1.61. The number of benzene rings is 1. The molecule has 0 spiro atoms. The fourth-order valence-corrected chi connectivity index (χ4v) is 3.22. The first kappa shape index (κ1) is 15.5. The Hall–Kier alpha value is -0.910. The zero-order valence-corrected chi connectivity index (χ0v) is 13.4. The standard InChI is InChI=1S/C14H15ClN2OS2/c1-2-19-9-12-7-13(18)17-14(16-12)20-8-10-4-3-5-11(15)6-10/h3-7H,2,8-9H2,1H3,(H,16,17,18). The van der Waals surface area contributed by atoms with E-state index >= 15 is 0 Å².